The first-order chi connectivity index (χ1) is 9.58. The van der Waals surface area contributed by atoms with Crippen molar-refractivity contribution in [3.05, 3.63) is 40.8 Å². The zero-order chi connectivity index (χ0) is 14.5. The maximum absolute atomic E-state index is 12.2. The Hall–Kier alpha value is -1.66. The third-order valence-corrected chi connectivity index (χ3v) is 4.12. The molecule has 1 aromatic carbocycles. The highest BCUT2D eigenvalue weighted by atomic mass is 32.2. The van der Waals surface area contributed by atoms with Gasteiger partial charge in [0.2, 0.25) is 0 Å². The van der Waals surface area contributed by atoms with Gasteiger partial charge in [0.05, 0.1) is 4.91 Å². The zero-order valence-corrected chi connectivity index (χ0v) is 12.2. The largest absolute Gasteiger partial charge is 0.481 e. The Labute approximate surface area is 126 Å². The maximum Gasteiger partial charge on any atom is 0.303 e. The number of hydrogen-bond donors (Lipinski definition) is 1. The van der Waals surface area contributed by atoms with Crippen LogP contribution in [-0.2, 0) is 9.59 Å². The zero-order valence-electron chi connectivity index (χ0n) is 10.6. The molecule has 0 saturated carbocycles. The van der Waals surface area contributed by atoms with E-state index in [0.717, 1.165) is 5.56 Å². The van der Waals surface area contributed by atoms with Crippen molar-refractivity contribution in [2.24, 2.45) is 0 Å². The first-order valence-electron chi connectivity index (χ1n) is 6.10. The number of amides is 1. The normalized spacial score (nSPS) is 17.0. The Bertz CT molecular complexity index is 569. The number of rotatable bonds is 5. The Morgan fingerprint density at radius 3 is 2.70 bits per heavy atom. The lowest BCUT2D eigenvalue weighted by Crippen LogP contribution is -2.29. The van der Waals surface area contributed by atoms with Crippen molar-refractivity contribution >= 4 is 46.3 Å². The number of carbonyl (C=O) groups excluding carboxylic acids is 1. The second-order valence-corrected chi connectivity index (χ2v) is 5.92. The van der Waals surface area contributed by atoms with Gasteiger partial charge in [0.25, 0.3) is 5.91 Å². The highest BCUT2D eigenvalue weighted by Gasteiger charge is 2.31. The summed E-state index contributed by atoms with van der Waals surface area (Å²) in [6, 6.07) is 9.54. The smallest absolute Gasteiger partial charge is 0.303 e. The molecule has 1 fully saturated rings. The van der Waals surface area contributed by atoms with Crippen molar-refractivity contribution in [2.75, 3.05) is 6.54 Å². The van der Waals surface area contributed by atoms with Crippen LogP contribution >= 0.6 is 24.0 Å². The molecule has 1 amide bonds. The molecular formula is C14H13NO3S2. The highest BCUT2D eigenvalue weighted by molar-refractivity contribution is 8.26. The fraction of sp³-hybridized carbons (Fsp3) is 0.214. The summed E-state index contributed by atoms with van der Waals surface area (Å²) in [5, 5.41) is 8.61. The predicted octanol–water partition coefficient (Wildman–Crippen LogP) is 2.75. The molecule has 6 heteroatoms. The SMILES string of the molecule is O=C(O)CCCN1C(=O)C(=Cc2ccccc2)SC1=S. The van der Waals surface area contributed by atoms with Crippen LogP contribution in [0.15, 0.2) is 35.2 Å². The molecule has 0 spiro atoms. The molecular weight excluding hydrogens is 294 g/mol. The Morgan fingerprint density at radius 1 is 1.35 bits per heavy atom. The molecule has 4 nitrogen and oxygen atoms in total. The highest BCUT2D eigenvalue weighted by Crippen LogP contribution is 2.32. The van der Waals surface area contributed by atoms with Gasteiger partial charge in [-0.05, 0) is 18.1 Å². The second-order valence-electron chi connectivity index (χ2n) is 4.24. The van der Waals surface area contributed by atoms with Gasteiger partial charge in [-0.1, -0.05) is 54.3 Å². The molecule has 0 aliphatic carbocycles. The van der Waals surface area contributed by atoms with E-state index in [9.17, 15) is 9.59 Å². The molecule has 1 aliphatic heterocycles. The maximum atomic E-state index is 12.2. The van der Waals surface area contributed by atoms with Gasteiger partial charge in [0.1, 0.15) is 4.32 Å². The minimum Gasteiger partial charge on any atom is -0.481 e. The molecule has 0 bridgehead atoms. The minimum absolute atomic E-state index is 0.0365. The number of aliphatic carboxylic acids is 1. The fourth-order valence-electron chi connectivity index (χ4n) is 1.78. The van der Waals surface area contributed by atoms with Gasteiger partial charge in [0, 0.05) is 13.0 Å². The van der Waals surface area contributed by atoms with E-state index < -0.39 is 5.97 Å². The molecule has 1 aliphatic rings. The monoisotopic (exact) mass is 307 g/mol. The molecule has 104 valence electrons. The number of thiocarbonyl (C=S) groups is 1. The predicted molar refractivity (Wildman–Crippen MR) is 83.2 cm³/mol. The molecule has 0 radical (unpaired) electrons. The summed E-state index contributed by atoms with van der Waals surface area (Å²) in [7, 11) is 0. The number of carboxylic acids is 1. The van der Waals surface area contributed by atoms with E-state index in [-0.39, 0.29) is 12.3 Å². The van der Waals surface area contributed by atoms with E-state index in [1.54, 1.807) is 6.08 Å². The number of benzene rings is 1. The lowest BCUT2D eigenvalue weighted by Gasteiger charge is -2.13. The van der Waals surface area contributed by atoms with E-state index >= 15 is 0 Å². The minimum atomic E-state index is -0.865. The van der Waals surface area contributed by atoms with Gasteiger partial charge < -0.3 is 5.11 Å². The van der Waals surface area contributed by atoms with Crippen LogP contribution in [0.2, 0.25) is 0 Å². The Morgan fingerprint density at radius 2 is 2.05 bits per heavy atom. The van der Waals surface area contributed by atoms with Crippen molar-refractivity contribution in [3.8, 4) is 0 Å². The van der Waals surface area contributed by atoms with Crippen LogP contribution < -0.4 is 0 Å². The van der Waals surface area contributed by atoms with E-state index in [1.807, 2.05) is 30.3 Å². The van der Waals surface area contributed by atoms with Crippen LogP contribution in [0.3, 0.4) is 0 Å². The van der Waals surface area contributed by atoms with Gasteiger partial charge in [-0.3, -0.25) is 14.5 Å². The average molecular weight is 307 g/mol. The summed E-state index contributed by atoms with van der Waals surface area (Å²) in [6.07, 6.45) is 2.24. The number of thioether (sulfide) groups is 1. The summed E-state index contributed by atoms with van der Waals surface area (Å²) < 4.78 is 0.488. The second kappa shape index (κ2) is 6.67. The first-order valence-corrected chi connectivity index (χ1v) is 7.32. The molecule has 1 aromatic rings. The van der Waals surface area contributed by atoms with Gasteiger partial charge >= 0.3 is 5.97 Å². The average Bonchev–Trinajstić information content (AvgIpc) is 2.67. The molecule has 2 rings (SSSR count). The molecule has 1 N–H and O–H groups in total. The van der Waals surface area contributed by atoms with Crippen molar-refractivity contribution < 1.29 is 14.7 Å². The van der Waals surface area contributed by atoms with Gasteiger partial charge in [-0.2, -0.15) is 0 Å². The fourth-order valence-corrected chi connectivity index (χ4v) is 3.09. The lowest BCUT2D eigenvalue weighted by molar-refractivity contribution is -0.137. The summed E-state index contributed by atoms with van der Waals surface area (Å²) in [6.45, 7) is 0.350. The Kier molecular flexibility index (Phi) is 4.92. The van der Waals surface area contributed by atoms with E-state index in [0.29, 0.717) is 22.2 Å². The van der Waals surface area contributed by atoms with Crippen molar-refractivity contribution in [2.45, 2.75) is 12.8 Å². The van der Waals surface area contributed by atoms with Crippen molar-refractivity contribution in [1.82, 2.24) is 4.90 Å². The number of hydrogen-bond acceptors (Lipinski definition) is 4. The summed E-state index contributed by atoms with van der Waals surface area (Å²) in [5.41, 5.74) is 0.943. The third-order valence-electron chi connectivity index (χ3n) is 2.74. The molecule has 0 unspecified atom stereocenters. The number of carbonyl (C=O) groups is 2. The van der Waals surface area contributed by atoms with Crippen LogP contribution in [0, 0.1) is 0 Å². The first kappa shape index (κ1) is 14.7. The van der Waals surface area contributed by atoms with Crippen LogP contribution in [0.4, 0.5) is 0 Å². The summed E-state index contributed by atoms with van der Waals surface area (Å²) in [4.78, 5) is 24.7. The number of nitrogens with zero attached hydrogens (tertiary/aromatic N) is 1. The molecule has 0 aromatic heterocycles. The van der Waals surface area contributed by atoms with Crippen LogP contribution in [0.5, 0.6) is 0 Å². The van der Waals surface area contributed by atoms with E-state index in [4.69, 9.17) is 17.3 Å². The topological polar surface area (TPSA) is 57.6 Å². The summed E-state index contributed by atoms with van der Waals surface area (Å²) in [5.74, 6) is -1.01. The van der Waals surface area contributed by atoms with Gasteiger partial charge in [-0.25, -0.2) is 0 Å². The lowest BCUT2D eigenvalue weighted by atomic mass is 10.2. The Balaban J connectivity index is 2.05. The number of carboxylic acid groups (broad SMARTS) is 1. The molecule has 1 saturated heterocycles. The third kappa shape index (κ3) is 3.68. The molecule has 1 heterocycles. The summed E-state index contributed by atoms with van der Waals surface area (Å²) >= 11 is 6.43. The van der Waals surface area contributed by atoms with E-state index in [1.165, 1.54) is 16.7 Å². The van der Waals surface area contributed by atoms with Crippen molar-refractivity contribution in [1.29, 1.82) is 0 Å². The molecule has 20 heavy (non-hydrogen) atoms. The molecule has 0 atom stereocenters. The standard InChI is InChI=1S/C14H13NO3S2/c16-12(17)7-4-8-15-13(18)11(20-14(15)19)9-10-5-2-1-3-6-10/h1-3,5-6,9H,4,7-8H2,(H,16,17). The van der Waals surface area contributed by atoms with Crippen molar-refractivity contribution in [3.63, 3.8) is 0 Å². The van der Waals surface area contributed by atoms with E-state index in [2.05, 4.69) is 0 Å². The van der Waals surface area contributed by atoms with Gasteiger partial charge in [-0.15, -0.1) is 0 Å². The van der Waals surface area contributed by atoms with Crippen LogP contribution in [0.1, 0.15) is 18.4 Å². The quantitative estimate of drug-likeness (QED) is 0.669. The van der Waals surface area contributed by atoms with Gasteiger partial charge in [0.15, 0.2) is 0 Å². The van der Waals surface area contributed by atoms with Crippen LogP contribution in [-0.4, -0.2) is 32.7 Å². The van der Waals surface area contributed by atoms with Crippen LogP contribution in [0.25, 0.3) is 6.08 Å².